The number of likely N-dealkylation sites (tertiary alicyclic amines) is 1. The SMILES string of the molecule is C=CCN(CC=C)C(=O)C1CC[NH+](Cc2c(Cl)cccc2Cl)CC1. The summed E-state index contributed by atoms with van der Waals surface area (Å²) in [6.45, 7) is 11.3. The van der Waals surface area contributed by atoms with Crippen LogP contribution in [0.5, 0.6) is 0 Å². The molecule has 24 heavy (non-hydrogen) atoms. The van der Waals surface area contributed by atoms with Crippen LogP contribution in [-0.4, -0.2) is 37.0 Å². The lowest BCUT2D eigenvalue weighted by atomic mass is 9.94. The third-order valence-corrected chi connectivity index (χ3v) is 5.25. The van der Waals surface area contributed by atoms with Crippen molar-refractivity contribution >= 4 is 29.1 Å². The second kappa shape index (κ2) is 9.26. The van der Waals surface area contributed by atoms with Crippen LogP contribution in [0.4, 0.5) is 0 Å². The number of hydrogen-bond acceptors (Lipinski definition) is 1. The molecule has 2 rings (SSSR count). The molecule has 1 amide bonds. The van der Waals surface area contributed by atoms with E-state index in [2.05, 4.69) is 13.2 Å². The van der Waals surface area contributed by atoms with Gasteiger partial charge in [0.2, 0.25) is 5.91 Å². The Morgan fingerprint density at radius 3 is 2.21 bits per heavy atom. The zero-order valence-corrected chi connectivity index (χ0v) is 15.5. The zero-order valence-electron chi connectivity index (χ0n) is 13.9. The summed E-state index contributed by atoms with van der Waals surface area (Å²) < 4.78 is 0. The Kier molecular flexibility index (Phi) is 7.35. The molecule has 0 radical (unpaired) electrons. The number of piperidine rings is 1. The minimum atomic E-state index is 0.0929. The van der Waals surface area contributed by atoms with Gasteiger partial charge in [-0.1, -0.05) is 41.4 Å². The van der Waals surface area contributed by atoms with Gasteiger partial charge < -0.3 is 9.80 Å². The van der Waals surface area contributed by atoms with Gasteiger partial charge in [-0.3, -0.25) is 4.79 Å². The number of carbonyl (C=O) groups is 1. The molecular weight excluding hydrogens is 343 g/mol. The number of quaternary nitrogens is 1. The summed E-state index contributed by atoms with van der Waals surface area (Å²) >= 11 is 12.5. The average Bonchev–Trinajstić information content (AvgIpc) is 2.58. The summed E-state index contributed by atoms with van der Waals surface area (Å²) in [6, 6.07) is 5.62. The van der Waals surface area contributed by atoms with E-state index in [4.69, 9.17) is 23.2 Å². The molecule has 3 nitrogen and oxygen atoms in total. The fourth-order valence-electron chi connectivity index (χ4n) is 3.23. The molecule has 0 saturated carbocycles. The molecular formula is C19H25Cl2N2O+. The van der Waals surface area contributed by atoms with Crippen LogP contribution in [0, 0.1) is 5.92 Å². The molecule has 1 fully saturated rings. The lowest BCUT2D eigenvalue weighted by Gasteiger charge is -2.32. The normalized spacial score (nSPS) is 20.4. The fourth-order valence-corrected chi connectivity index (χ4v) is 3.76. The van der Waals surface area contributed by atoms with Gasteiger partial charge >= 0.3 is 0 Å². The highest BCUT2D eigenvalue weighted by atomic mass is 35.5. The van der Waals surface area contributed by atoms with Gasteiger partial charge in [-0.25, -0.2) is 0 Å². The average molecular weight is 368 g/mol. The number of benzene rings is 1. The van der Waals surface area contributed by atoms with E-state index in [0.29, 0.717) is 13.1 Å². The first kappa shape index (κ1) is 19.0. The maximum absolute atomic E-state index is 12.6. The van der Waals surface area contributed by atoms with E-state index in [-0.39, 0.29) is 11.8 Å². The molecule has 1 aromatic rings. The molecule has 1 aliphatic heterocycles. The van der Waals surface area contributed by atoms with Gasteiger partial charge in [0.25, 0.3) is 0 Å². The third kappa shape index (κ3) is 4.85. The largest absolute Gasteiger partial charge is 0.335 e. The highest BCUT2D eigenvalue weighted by Crippen LogP contribution is 2.23. The molecule has 0 aliphatic carbocycles. The molecule has 1 heterocycles. The van der Waals surface area contributed by atoms with E-state index in [1.807, 2.05) is 23.1 Å². The van der Waals surface area contributed by atoms with Crippen LogP contribution in [0.2, 0.25) is 10.0 Å². The molecule has 1 aliphatic rings. The van der Waals surface area contributed by atoms with E-state index >= 15 is 0 Å². The number of rotatable bonds is 7. The lowest BCUT2D eigenvalue weighted by Crippen LogP contribution is -3.11. The number of nitrogens with one attached hydrogen (secondary N) is 1. The predicted molar refractivity (Wildman–Crippen MR) is 101 cm³/mol. The maximum atomic E-state index is 12.6. The van der Waals surface area contributed by atoms with Gasteiger partial charge in [0.1, 0.15) is 6.54 Å². The topological polar surface area (TPSA) is 24.8 Å². The third-order valence-electron chi connectivity index (χ3n) is 4.54. The second-order valence-electron chi connectivity index (χ2n) is 6.22. The number of carbonyl (C=O) groups excluding carboxylic acids is 1. The quantitative estimate of drug-likeness (QED) is 0.736. The van der Waals surface area contributed by atoms with E-state index < -0.39 is 0 Å². The molecule has 1 saturated heterocycles. The molecule has 1 aromatic carbocycles. The Bertz CT molecular complexity index is 565. The van der Waals surface area contributed by atoms with E-state index in [9.17, 15) is 4.79 Å². The second-order valence-corrected chi connectivity index (χ2v) is 7.04. The van der Waals surface area contributed by atoms with Gasteiger partial charge in [0.05, 0.1) is 23.1 Å². The van der Waals surface area contributed by atoms with Crippen LogP contribution in [0.3, 0.4) is 0 Å². The van der Waals surface area contributed by atoms with Crippen molar-refractivity contribution in [3.05, 3.63) is 59.1 Å². The first-order valence-corrected chi connectivity index (χ1v) is 9.09. The fraction of sp³-hybridized carbons (Fsp3) is 0.421. The molecule has 0 bridgehead atoms. The van der Waals surface area contributed by atoms with Gasteiger partial charge in [-0.15, -0.1) is 13.2 Å². The van der Waals surface area contributed by atoms with Gasteiger partial charge in [-0.2, -0.15) is 0 Å². The van der Waals surface area contributed by atoms with Crippen LogP contribution in [-0.2, 0) is 11.3 Å². The summed E-state index contributed by atoms with van der Waals surface area (Å²) in [6.07, 6.45) is 5.31. The van der Waals surface area contributed by atoms with Gasteiger partial charge in [-0.05, 0) is 12.1 Å². The number of nitrogens with zero attached hydrogens (tertiary/aromatic N) is 1. The zero-order chi connectivity index (χ0) is 17.5. The lowest BCUT2D eigenvalue weighted by molar-refractivity contribution is -0.919. The first-order chi connectivity index (χ1) is 11.6. The summed E-state index contributed by atoms with van der Waals surface area (Å²) in [5.74, 6) is 0.306. The molecule has 0 spiro atoms. The van der Waals surface area contributed by atoms with Crippen molar-refractivity contribution in [3.8, 4) is 0 Å². The molecule has 5 heteroatoms. The highest BCUT2D eigenvalue weighted by Gasteiger charge is 2.30. The molecule has 1 N–H and O–H groups in total. The van der Waals surface area contributed by atoms with Crippen molar-refractivity contribution in [2.45, 2.75) is 19.4 Å². The summed E-state index contributed by atoms with van der Waals surface area (Å²) in [7, 11) is 0. The smallest absolute Gasteiger partial charge is 0.226 e. The van der Waals surface area contributed by atoms with Crippen molar-refractivity contribution in [2.75, 3.05) is 26.2 Å². The van der Waals surface area contributed by atoms with E-state index in [0.717, 1.165) is 48.1 Å². The number of hydrogen-bond donors (Lipinski definition) is 1. The van der Waals surface area contributed by atoms with Crippen LogP contribution in [0.1, 0.15) is 18.4 Å². The van der Waals surface area contributed by atoms with Crippen LogP contribution >= 0.6 is 23.2 Å². The van der Waals surface area contributed by atoms with E-state index in [1.54, 1.807) is 12.2 Å². The number of halogens is 2. The summed E-state index contributed by atoms with van der Waals surface area (Å²) in [4.78, 5) is 15.9. The minimum Gasteiger partial charge on any atom is -0.335 e. The standard InChI is InChI=1S/C19H24Cl2N2O/c1-3-10-23(11-4-2)19(24)15-8-12-22(13-9-15)14-16-17(20)6-5-7-18(16)21/h3-7,15H,1-2,8-14H2/p+1. The van der Waals surface area contributed by atoms with Crippen molar-refractivity contribution < 1.29 is 9.69 Å². The molecule has 130 valence electrons. The van der Waals surface area contributed by atoms with Crippen LogP contribution in [0.25, 0.3) is 0 Å². The summed E-state index contributed by atoms with van der Waals surface area (Å²) in [5, 5.41) is 1.44. The Labute approximate surface area is 154 Å². The Morgan fingerprint density at radius 1 is 1.17 bits per heavy atom. The van der Waals surface area contributed by atoms with E-state index in [1.165, 1.54) is 4.90 Å². The van der Waals surface area contributed by atoms with Crippen molar-refractivity contribution in [3.63, 3.8) is 0 Å². The van der Waals surface area contributed by atoms with Crippen LogP contribution < -0.4 is 4.90 Å². The monoisotopic (exact) mass is 367 g/mol. The highest BCUT2D eigenvalue weighted by molar-refractivity contribution is 6.35. The maximum Gasteiger partial charge on any atom is 0.226 e. The van der Waals surface area contributed by atoms with Crippen molar-refractivity contribution in [1.29, 1.82) is 0 Å². The Hall–Kier alpha value is -1.29. The molecule has 0 aromatic heterocycles. The van der Waals surface area contributed by atoms with Crippen molar-refractivity contribution in [2.24, 2.45) is 5.92 Å². The number of amides is 1. The predicted octanol–water partition coefficient (Wildman–Crippen LogP) is 2.99. The van der Waals surface area contributed by atoms with Crippen molar-refractivity contribution in [1.82, 2.24) is 4.90 Å². The van der Waals surface area contributed by atoms with Gasteiger partial charge in [0, 0.05) is 37.4 Å². The summed E-state index contributed by atoms with van der Waals surface area (Å²) in [5.41, 5.74) is 1.00. The van der Waals surface area contributed by atoms with Crippen LogP contribution in [0.15, 0.2) is 43.5 Å². The first-order valence-electron chi connectivity index (χ1n) is 8.33. The Balaban J connectivity index is 1.92. The minimum absolute atomic E-state index is 0.0929. The Morgan fingerprint density at radius 2 is 1.71 bits per heavy atom. The molecule has 0 atom stereocenters. The van der Waals surface area contributed by atoms with Gasteiger partial charge in [0.15, 0.2) is 0 Å². The molecule has 0 unspecified atom stereocenters.